The third kappa shape index (κ3) is 6.88. The number of ether oxygens (including phenoxy) is 1. The van der Waals surface area contributed by atoms with Gasteiger partial charge in [-0.3, -0.25) is 19.5 Å². The minimum absolute atomic E-state index is 0.00667. The number of thiazole rings is 1. The van der Waals surface area contributed by atoms with Gasteiger partial charge in [0.25, 0.3) is 11.2 Å². The summed E-state index contributed by atoms with van der Waals surface area (Å²) in [5.74, 6) is -0.161. The molecule has 0 amide bonds. The van der Waals surface area contributed by atoms with E-state index in [0.717, 1.165) is 51.3 Å². The quantitative estimate of drug-likeness (QED) is 0.0751. The second-order valence-electron chi connectivity index (χ2n) is 13.4. The van der Waals surface area contributed by atoms with Crippen molar-refractivity contribution in [1.82, 2.24) is 9.13 Å². The van der Waals surface area contributed by atoms with Gasteiger partial charge in [-0.1, -0.05) is 123 Å². The molecule has 0 radical (unpaired) electrons. The lowest BCUT2D eigenvalue weighted by atomic mass is 9.92. The first-order chi connectivity index (χ1) is 26.2. The number of hydrogen-bond acceptors (Lipinski definition) is 7. The van der Waals surface area contributed by atoms with Gasteiger partial charge in [0.2, 0.25) is 0 Å². The van der Waals surface area contributed by atoms with Crippen LogP contribution in [0.4, 0.5) is 5.69 Å². The van der Waals surface area contributed by atoms with E-state index in [-0.39, 0.29) is 17.9 Å². The summed E-state index contributed by atoms with van der Waals surface area (Å²) in [4.78, 5) is 45.2. The van der Waals surface area contributed by atoms with E-state index >= 15 is 0 Å². The summed E-state index contributed by atoms with van der Waals surface area (Å²) in [6.45, 7) is 8.27. The maximum absolute atomic E-state index is 14.8. The highest BCUT2D eigenvalue weighted by Gasteiger charge is 2.34. The second-order valence-corrected chi connectivity index (χ2v) is 14.4. The Morgan fingerprint density at radius 1 is 0.926 bits per heavy atom. The Hall–Kier alpha value is -6.13. The molecule has 0 aliphatic carbocycles. The van der Waals surface area contributed by atoms with Gasteiger partial charge in [0.1, 0.15) is 0 Å². The number of rotatable bonds is 11. The molecule has 1 atom stereocenters. The van der Waals surface area contributed by atoms with E-state index in [1.165, 1.54) is 23.5 Å². The molecule has 0 saturated carbocycles. The van der Waals surface area contributed by atoms with Crippen LogP contribution in [0.15, 0.2) is 136 Å². The van der Waals surface area contributed by atoms with Gasteiger partial charge in [-0.05, 0) is 65.8 Å². The highest BCUT2D eigenvalue weighted by molar-refractivity contribution is 7.07. The Morgan fingerprint density at radius 2 is 1.57 bits per heavy atom. The lowest BCUT2D eigenvalue weighted by Crippen LogP contribution is -2.40. The molecule has 54 heavy (non-hydrogen) atoms. The molecule has 272 valence electrons. The maximum Gasteiger partial charge on any atom is 0.338 e. The van der Waals surface area contributed by atoms with Gasteiger partial charge < -0.3 is 9.30 Å². The number of carbonyl (C=O) groups excluding carboxylic acids is 1. The number of benzene rings is 4. The Labute approximate surface area is 317 Å². The molecule has 1 aliphatic heterocycles. The summed E-state index contributed by atoms with van der Waals surface area (Å²) < 4.78 is 9.77. The van der Waals surface area contributed by atoms with Gasteiger partial charge in [-0.2, -0.15) is 0 Å². The molecule has 10 heteroatoms. The van der Waals surface area contributed by atoms with Crippen LogP contribution >= 0.6 is 11.3 Å². The predicted octanol–water partition coefficient (Wildman–Crippen LogP) is 8.73. The molecule has 4 aromatic carbocycles. The SMILES string of the molecule is CCCC1=C(C(=O)OCC)[C@@H](c2ccc(C(C)C)cc2)n2c(s/c(=C\c3cc(-c4ccccc4)n(-c4ccc([N+](=O)[O-])cc4)c3-c3ccccc3)c2=O)=N1. The molecule has 3 heterocycles. The van der Waals surface area contributed by atoms with Crippen molar-refractivity contribution in [2.45, 2.75) is 52.5 Å². The minimum atomic E-state index is -0.719. The monoisotopic (exact) mass is 736 g/mol. The fourth-order valence-electron chi connectivity index (χ4n) is 6.99. The zero-order valence-corrected chi connectivity index (χ0v) is 31.4. The van der Waals surface area contributed by atoms with E-state index in [1.54, 1.807) is 23.6 Å². The molecule has 2 aromatic heterocycles. The molecule has 0 unspecified atom stereocenters. The molecule has 9 nitrogen and oxygen atoms in total. The average Bonchev–Trinajstić information content (AvgIpc) is 3.72. The molecule has 0 saturated heterocycles. The van der Waals surface area contributed by atoms with Crippen molar-refractivity contribution in [2.75, 3.05) is 6.61 Å². The maximum atomic E-state index is 14.8. The molecular formula is C44H40N4O5S. The van der Waals surface area contributed by atoms with E-state index < -0.39 is 16.9 Å². The number of carbonyl (C=O) groups is 1. The van der Waals surface area contributed by atoms with Crippen LogP contribution in [0.5, 0.6) is 0 Å². The molecule has 7 rings (SSSR count). The number of aromatic nitrogens is 2. The fourth-order valence-corrected chi connectivity index (χ4v) is 8.00. The lowest BCUT2D eigenvalue weighted by molar-refractivity contribution is -0.384. The molecule has 0 fully saturated rings. The first-order valence-electron chi connectivity index (χ1n) is 18.1. The van der Waals surface area contributed by atoms with Crippen LogP contribution in [0, 0.1) is 10.1 Å². The molecule has 6 aromatic rings. The van der Waals surface area contributed by atoms with E-state index in [2.05, 4.69) is 30.5 Å². The number of hydrogen-bond donors (Lipinski definition) is 0. The number of esters is 1. The van der Waals surface area contributed by atoms with Gasteiger partial charge >= 0.3 is 5.97 Å². The van der Waals surface area contributed by atoms with Gasteiger partial charge in [-0.25, -0.2) is 9.79 Å². The second kappa shape index (κ2) is 15.5. The van der Waals surface area contributed by atoms with Crippen molar-refractivity contribution in [3.63, 3.8) is 0 Å². The number of non-ortho nitro benzene ring substituents is 1. The summed E-state index contributed by atoms with van der Waals surface area (Å²) in [6.07, 6.45) is 3.21. The summed E-state index contributed by atoms with van der Waals surface area (Å²) >= 11 is 1.29. The standard InChI is InChI=1S/C44H40N4O5S/c1-5-13-36-39(43(50)53-6-2)41(32-20-18-29(19-21-32)28(3)4)47-42(49)38(54-44(47)45-36)27-33-26-37(30-14-9-7-10-15-30)46(40(33)31-16-11-8-12-17-31)34-22-24-35(25-23-34)48(51)52/h7-12,14-28,41H,5-6,13H2,1-4H3/b38-27-/t41-/m1/s1. The van der Waals surface area contributed by atoms with E-state index in [1.807, 2.05) is 91.9 Å². The van der Waals surface area contributed by atoms with Gasteiger partial charge in [-0.15, -0.1) is 0 Å². The largest absolute Gasteiger partial charge is 0.463 e. The molecular weight excluding hydrogens is 697 g/mol. The summed E-state index contributed by atoms with van der Waals surface area (Å²) in [5, 5.41) is 11.6. The van der Waals surface area contributed by atoms with E-state index in [4.69, 9.17) is 9.73 Å². The van der Waals surface area contributed by atoms with Crippen LogP contribution in [-0.2, 0) is 9.53 Å². The Bertz CT molecular complexity index is 2550. The highest BCUT2D eigenvalue weighted by atomic mass is 32.1. The van der Waals surface area contributed by atoms with Gasteiger partial charge in [0, 0.05) is 23.4 Å². The third-order valence-corrected chi connectivity index (χ3v) is 10.5. The van der Waals surface area contributed by atoms with Crippen LogP contribution in [0.2, 0.25) is 0 Å². The fraction of sp³-hybridized carbons (Fsp3) is 0.205. The highest BCUT2D eigenvalue weighted by Crippen LogP contribution is 2.37. The van der Waals surface area contributed by atoms with E-state index in [9.17, 15) is 19.7 Å². The van der Waals surface area contributed by atoms with Crippen LogP contribution in [-0.4, -0.2) is 26.6 Å². The normalized spacial score (nSPS) is 14.2. The van der Waals surface area contributed by atoms with Crippen molar-refractivity contribution in [3.05, 3.63) is 173 Å². The molecule has 0 N–H and O–H groups in total. The lowest BCUT2D eigenvalue weighted by Gasteiger charge is -2.26. The number of fused-ring (bicyclic) bond motifs is 1. The van der Waals surface area contributed by atoms with Crippen molar-refractivity contribution < 1.29 is 14.5 Å². The molecule has 1 aliphatic rings. The number of nitro benzene ring substituents is 1. The van der Waals surface area contributed by atoms with Crippen LogP contribution in [0.25, 0.3) is 34.3 Å². The zero-order valence-electron chi connectivity index (χ0n) is 30.6. The summed E-state index contributed by atoms with van der Waals surface area (Å²) in [5.41, 5.74) is 7.70. The van der Waals surface area contributed by atoms with Crippen LogP contribution < -0.4 is 14.9 Å². The Morgan fingerprint density at radius 3 is 2.17 bits per heavy atom. The van der Waals surface area contributed by atoms with Crippen LogP contribution in [0.3, 0.4) is 0 Å². The van der Waals surface area contributed by atoms with E-state index in [0.29, 0.717) is 32.9 Å². The third-order valence-electron chi connectivity index (χ3n) is 9.56. The topological polar surface area (TPSA) is 109 Å². The minimum Gasteiger partial charge on any atom is -0.463 e. The first kappa shape index (κ1) is 36.2. The Balaban J connectivity index is 1.51. The first-order valence-corrected chi connectivity index (χ1v) is 18.9. The van der Waals surface area contributed by atoms with Gasteiger partial charge in [0.15, 0.2) is 4.80 Å². The average molecular weight is 737 g/mol. The number of nitro groups is 1. The molecule has 0 spiro atoms. The number of allylic oxidation sites excluding steroid dienone is 1. The van der Waals surface area contributed by atoms with Crippen molar-refractivity contribution in [3.8, 4) is 28.2 Å². The Kier molecular flexibility index (Phi) is 10.4. The van der Waals surface area contributed by atoms with Crippen molar-refractivity contribution in [2.24, 2.45) is 4.99 Å². The van der Waals surface area contributed by atoms with Crippen LogP contribution in [0.1, 0.15) is 69.2 Å². The summed E-state index contributed by atoms with van der Waals surface area (Å²) in [7, 11) is 0. The predicted molar refractivity (Wildman–Crippen MR) is 213 cm³/mol. The van der Waals surface area contributed by atoms with Crippen molar-refractivity contribution >= 4 is 29.1 Å². The van der Waals surface area contributed by atoms with Gasteiger partial charge in [0.05, 0.1) is 44.8 Å². The zero-order chi connectivity index (χ0) is 37.9. The smallest absolute Gasteiger partial charge is 0.338 e. The molecule has 0 bridgehead atoms. The number of nitrogens with zero attached hydrogens (tertiary/aromatic N) is 4. The van der Waals surface area contributed by atoms with Crippen molar-refractivity contribution in [1.29, 1.82) is 0 Å². The summed E-state index contributed by atoms with van der Waals surface area (Å²) in [6, 6.07) is 35.7.